The summed E-state index contributed by atoms with van der Waals surface area (Å²) in [5.41, 5.74) is 9.23. The second-order valence-corrected chi connectivity index (χ2v) is 5.17. The molecule has 3 rings (SSSR count). The van der Waals surface area contributed by atoms with E-state index in [0.717, 1.165) is 6.54 Å². The first-order chi connectivity index (χ1) is 7.86. The van der Waals surface area contributed by atoms with Crippen molar-refractivity contribution < 1.29 is 0 Å². The van der Waals surface area contributed by atoms with Gasteiger partial charge in [-0.15, -0.1) is 0 Å². The van der Waals surface area contributed by atoms with E-state index in [4.69, 9.17) is 5.73 Å². The Morgan fingerprint density at radius 2 is 2.00 bits per heavy atom. The Bertz CT molecular complexity index is 382. The minimum atomic E-state index is 0.306. The topological polar surface area (TPSA) is 29.3 Å². The molecular weight excluding hydrogens is 196 g/mol. The highest BCUT2D eigenvalue weighted by Crippen LogP contribution is 2.45. The van der Waals surface area contributed by atoms with E-state index in [1.807, 2.05) is 0 Å². The van der Waals surface area contributed by atoms with Crippen LogP contribution in [0.5, 0.6) is 0 Å². The largest absolute Gasteiger partial charge is 0.364 e. The van der Waals surface area contributed by atoms with Crippen molar-refractivity contribution in [3.05, 3.63) is 29.8 Å². The fourth-order valence-corrected chi connectivity index (χ4v) is 2.91. The van der Waals surface area contributed by atoms with Crippen LogP contribution in [0.3, 0.4) is 0 Å². The highest BCUT2D eigenvalue weighted by molar-refractivity contribution is 5.58. The van der Waals surface area contributed by atoms with Crippen LogP contribution in [0, 0.1) is 0 Å². The number of anilines is 1. The van der Waals surface area contributed by atoms with Gasteiger partial charge in [-0.05, 0) is 43.7 Å². The molecule has 0 aromatic heterocycles. The normalized spacial score (nSPS) is 22.4. The molecule has 1 aromatic rings. The molecule has 0 bridgehead atoms. The molecule has 1 aliphatic carbocycles. The van der Waals surface area contributed by atoms with Crippen molar-refractivity contribution in [3.8, 4) is 0 Å². The van der Waals surface area contributed by atoms with Crippen LogP contribution < -0.4 is 10.6 Å². The average molecular weight is 216 g/mol. The summed E-state index contributed by atoms with van der Waals surface area (Å²) >= 11 is 0. The summed E-state index contributed by atoms with van der Waals surface area (Å²) in [5, 5.41) is 0. The SMILES string of the molecule is NCC1(N2CCCCc3ccccc32)CC1. The van der Waals surface area contributed by atoms with Crippen molar-refractivity contribution >= 4 is 5.69 Å². The summed E-state index contributed by atoms with van der Waals surface area (Å²) in [6, 6.07) is 8.87. The quantitative estimate of drug-likeness (QED) is 0.822. The second-order valence-electron chi connectivity index (χ2n) is 5.17. The molecule has 1 heterocycles. The molecule has 1 aromatic carbocycles. The van der Waals surface area contributed by atoms with Gasteiger partial charge >= 0.3 is 0 Å². The molecule has 0 spiro atoms. The van der Waals surface area contributed by atoms with Gasteiger partial charge in [0.25, 0.3) is 0 Å². The number of hydrogen-bond donors (Lipinski definition) is 1. The zero-order valence-corrected chi connectivity index (χ0v) is 9.78. The molecule has 2 N–H and O–H groups in total. The van der Waals surface area contributed by atoms with E-state index in [0.29, 0.717) is 5.54 Å². The molecular formula is C14H20N2. The Kier molecular flexibility index (Phi) is 2.40. The minimum Gasteiger partial charge on any atom is -0.364 e. The third-order valence-electron chi connectivity index (χ3n) is 4.14. The number of aryl methyl sites for hydroxylation is 1. The van der Waals surface area contributed by atoms with Gasteiger partial charge in [0, 0.05) is 18.8 Å². The summed E-state index contributed by atoms with van der Waals surface area (Å²) in [6.07, 6.45) is 6.40. The Labute approximate surface area is 97.4 Å². The van der Waals surface area contributed by atoms with Gasteiger partial charge in [-0.1, -0.05) is 18.2 Å². The van der Waals surface area contributed by atoms with Crippen molar-refractivity contribution in [3.63, 3.8) is 0 Å². The fraction of sp³-hybridized carbons (Fsp3) is 0.571. The Hall–Kier alpha value is -1.02. The van der Waals surface area contributed by atoms with E-state index in [9.17, 15) is 0 Å². The highest BCUT2D eigenvalue weighted by Gasteiger charge is 2.47. The number of nitrogens with zero attached hydrogens (tertiary/aromatic N) is 1. The van der Waals surface area contributed by atoms with Crippen LogP contribution in [-0.2, 0) is 6.42 Å². The van der Waals surface area contributed by atoms with Gasteiger partial charge in [0.2, 0.25) is 0 Å². The van der Waals surface area contributed by atoms with E-state index in [1.165, 1.54) is 49.9 Å². The maximum Gasteiger partial charge on any atom is 0.0526 e. The molecule has 2 heteroatoms. The number of nitrogens with two attached hydrogens (primary N) is 1. The van der Waals surface area contributed by atoms with Gasteiger partial charge in [-0.25, -0.2) is 0 Å². The monoisotopic (exact) mass is 216 g/mol. The first-order valence-electron chi connectivity index (χ1n) is 6.41. The summed E-state index contributed by atoms with van der Waals surface area (Å²) in [6.45, 7) is 2.00. The second kappa shape index (κ2) is 3.77. The Morgan fingerprint density at radius 3 is 2.75 bits per heavy atom. The molecule has 1 saturated carbocycles. The van der Waals surface area contributed by atoms with Crippen molar-refractivity contribution in [1.29, 1.82) is 0 Å². The summed E-state index contributed by atoms with van der Waals surface area (Å²) in [5.74, 6) is 0. The Morgan fingerprint density at radius 1 is 1.19 bits per heavy atom. The van der Waals surface area contributed by atoms with Gasteiger partial charge in [0.15, 0.2) is 0 Å². The van der Waals surface area contributed by atoms with Crippen molar-refractivity contribution in [2.75, 3.05) is 18.0 Å². The number of benzene rings is 1. The zero-order chi connectivity index (χ0) is 11.0. The third-order valence-corrected chi connectivity index (χ3v) is 4.14. The van der Waals surface area contributed by atoms with Gasteiger partial charge < -0.3 is 10.6 Å². The van der Waals surface area contributed by atoms with E-state index in [-0.39, 0.29) is 0 Å². The molecule has 0 atom stereocenters. The minimum absolute atomic E-state index is 0.306. The molecule has 1 aliphatic heterocycles. The van der Waals surface area contributed by atoms with Crippen LogP contribution in [0.1, 0.15) is 31.2 Å². The molecule has 2 aliphatic rings. The molecule has 0 unspecified atom stereocenters. The molecule has 0 radical (unpaired) electrons. The molecule has 2 nitrogen and oxygen atoms in total. The van der Waals surface area contributed by atoms with Crippen molar-refractivity contribution in [1.82, 2.24) is 0 Å². The van der Waals surface area contributed by atoms with Gasteiger partial charge in [0.1, 0.15) is 0 Å². The van der Waals surface area contributed by atoms with Crippen LogP contribution in [0.25, 0.3) is 0 Å². The predicted molar refractivity (Wildman–Crippen MR) is 67.7 cm³/mol. The van der Waals surface area contributed by atoms with Crippen molar-refractivity contribution in [2.45, 2.75) is 37.6 Å². The average Bonchev–Trinajstić information content (AvgIpc) is 3.12. The lowest BCUT2D eigenvalue weighted by Gasteiger charge is -2.33. The maximum atomic E-state index is 5.97. The van der Waals surface area contributed by atoms with Crippen LogP contribution in [-0.4, -0.2) is 18.6 Å². The van der Waals surface area contributed by atoms with Crippen LogP contribution in [0.2, 0.25) is 0 Å². The summed E-state index contributed by atoms with van der Waals surface area (Å²) in [7, 11) is 0. The standard InChI is InChI=1S/C14H20N2/c15-11-14(8-9-14)16-10-4-3-6-12-5-1-2-7-13(12)16/h1-2,5,7H,3-4,6,8-11,15H2. The van der Waals surface area contributed by atoms with Crippen molar-refractivity contribution in [2.24, 2.45) is 5.73 Å². The lowest BCUT2D eigenvalue weighted by Crippen LogP contribution is -2.43. The Balaban J connectivity index is 2.00. The molecule has 1 fully saturated rings. The first kappa shape index (κ1) is 10.2. The van der Waals surface area contributed by atoms with E-state index >= 15 is 0 Å². The van der Waals surface area contributed by atoms with Gasteiger partial charge in [0.05, 0.1) is 5.54 Å². The summed E-state index contributed by atoms with van der Waals surface area (Å²) < 4.78 is 0. The molecule has 0 saturated heterocycles. The van der Waals surface area contributed by atoms with E-state index in [1.54, 1.807) is 0 Å². The number of hydrogen-bond acceptors (Lipinski definition) is 2. The zero-order valence-electron chi connectivity index (χ0n) is 9.78. The van der Waals surface area contributed by atoms with E-state index in [2.05, 4.69) is 29.2 Å². The third kappa shape index (κ3) is 1.52. The molecule has 16 heavy (non-hydrogen) atoms. The number of fused-ring (bicyclic) bond motifs is 1. The highest BCUT2D eigenvalue weighted by atomic mass is 15.2. The van der Waals surface area contributed by atoms with Crippen LogP contribution >= 0.6 is 0 Å². The molecule has 86 valence electrons. The summed E-state index contributed by atoms with van der Waals surface area (Å²) in [4.78, 5) is 2.59. The smallest absolute Gasteiger partial charge is 0.0526 e. The van der Waals surface area contributed by atoms with Crippen LogP contribution in [0.15, 0.2) is 24.3 Å². The lowest BCUT2D eigenvalue weighted by atomic mass is 10.1. The predicted octanol–water partition coefficient (Wildman–Crippen LogP) is 2.32. The van der Waals surface area contributed by atoms with Gasteiger partial charge in [-0.2, -0.15) is 0 Å². The first-order valence-corrected chi connectivity index (χ1v) is 6.41. The number of rotatable bonds is 2. The number of para-hydroxylation sites is 1. The molecule has 0 amide bonds. The van der Waals surface area contributed by atoms with Crippen LogP contribution in [0.4, 0.5) is 5.69 Å². The maximum absolute atomic E-state index is 5.97. The fourth-order valence-electron chi connectivity index (χ4n) is 2.91. The van der Waals surface area contributed by atoms with E-state index < -0.39 is 0 Å². The van der Waals surface area contributed by atoms with Gasteiger partial charge in [-0.3, -0.25) is 0 Å². The lowest BCUT2D eigenvalue weighted by molar-refractivity contribution is 0.578.